The van der Waals surface area contributed by atoms with E-state index in [2.05, 4.69) is 15.9 Å². The maximum atomic E-state index is 12.7. The van der Waals surface area contributed by atoms with Crippen molar-refractivity contribution in [3.8, 4) is 6.07 Å². The maximum Gasteiger partial charge on any atom is 0.416 e. The lowest BCUT2D eigenvalue weighted by atomic mass is 9.90. The number of benzene rings is 1. The number of hydrogen-bond donors (Lipinski definition) is 0. The predicted molar refractivity (Wildman–Crippen MR) is 72.0 cm³/mol. The lowest BCUT2D eigenvalue weighted by Crippen LogP contribution is -2.17. The van der Waals surface area contributed by atoms with Gasteiger partial charge in [-0.3, -0.25) is 4.79 Å². The molecule has 1 aromatic carbocycles. The summed E-state index contributed by atoms with van der Waals surface area (Å²) < 4.78 is 38.3. The second kappa shape index (κ2) is 6.40. The van der Waals surface area contributed by atoms with Gasteiger partial charge in [0, 0.05) is 10.0 Å². The van der Waals surface area contributed by atoms with Crippen molar-refractivity contribution in [2.75, 3.05) is 0 Å². The van der Waals surface area contributed by atoms with Crippen molar-refractivity contribution < 1.29 is 18.0 Å². The fourth-order valence-corrected chi connectivity index (χ4v) is 2.21. The number of nitrogens with zero attached hydrogens (tertiary/aromatic N) is 1. The van der Waals surface area contributed by atoms with E-state index in [0.717, 1.165) is 12.1 Å². The summed E-state index contributed by atoms with van der Waals surface area (Å²) in [7, 11) is 0. The van der Waals surface area contributed by atoms with E-state index in [4.69, 9.17) is 5.26 Å². The number of Topliss-reactive ketones (excluding diaryl/α,β-unsaturated/α-hetero) is 1. The van der Waals surface area contributed by atoms with Gasteiger partial charge in [0.2, 0.25) is 0 Å². The third kappa shape index (κ3) is 4.07. The number of carbonyl (C=O) groups is 1. The van der Waals surface area contributed by atoms with Crippen LogP contribution in [0.4, 0.5) is 13.2 Å². The molecule has 1 aromatic rings. The van der Waals surface area contributed by atoms with Crippen molar-refractivity contribution in [1.82, 2.24) is 0 Å². The molecule has 0 N–H and O–H groups in total. The molecular weight excluding hydrogens is 335 g/mol. The van der Waals surface area contributed by atoms with Crippen LogP contribution in [0.5, 0.6) is 0 Å². The molecule has 108 valence electrons. The molecule has 0 aromatic heterocycles. The zero-order valence-corrected chi connectivity index (χ0v) is 12.5. The molecule has 0 saturated heterocycles. The number of hydrogen-bond acceptors (Lipinski definition) is 2. The summed E-state index contributed by atoms with van der Waals surface area (Å²) in [5, 5.41) is 9.02. The van der Waals surface area contributed by atoms with Gasteiger partial charge in [-0.1, -0.05) is 29.8 Å². The standard InChI is InChI=1S/C14H13BrF3NO/c1-8(2)5-9(7-19)13(20)11-6-10(14(16,17)18)3-4-12(11)15/h3-4,6,8-9H,5H2,1-2H3. The lowest BCUT2D eigenvalue weighted by molar-refractivity contribution is -0.137. The van der Waals surface area contributed by atoms with Crippen LogP contribution in [0.3, 0.4) is 0 Å². The van der Waals surface area contributed by atoms with E-state index in [9.17, 15) is 18.0 Å². The van der Waals surface area contributed by atoms with Crippen LogP contribution in [0.15, 0.2) is 22.7 Å². The summed E-state index contributed by atoms with van der Waals surface area (Å²) >= 11 is 3.06. The van der Waals surface area contributed by atoms with Gasteiger partial charge in [0.25, 0.3) is 0 Å². The van der Waals surface area contributed by atoms with Crippen LogP contribution in [-0.2, 0) is 6.18 Å². The third-order valence-electron chi connectivity index (χ3n) is 2.74. The van der Waals surface area contributed by atoms with E-state index < -0.39 is 23.4 Å². The molecule has 0 aliphatic carbocycles. The predicted octanol–water partition coefficient (Wildman–Crippen LogP) is 4.84. The lowest BCUT2D eigenvalue weighted by Gasteiger charge is -2.14. The first-order valence-corrected chi connectivity index (χ1v) is 6.76. The van der Waals surface area contributed by atoms with Crippen LogP contribution in [-0.4, -0.2) is 5.78 Å². The van der Waals surface area contributed by atoms with Crippen LogP contribution in [0.2, 0.25) is 0 Å². The Kier molecular flexibility index (Phi) is 5.35. The highest BCUT2D eigenvalue weighted by molar-refractivity contribution is 9.10. The highest BCUT2D eigenvalue weighted by atomic mass is 79.9. The summed E-state index contributed by atoms with van der Waals surface area (Å²) in [6.07, 6.45) is -4.20. The van der Waals surface area contributed by atoms with Gasteiger partial charge in [-0.25, -0.2) is 0 Å². The Labute approximate surface area is 123 Å². The fraction of sp³-hybridized carbons (Fsp3) is 0.429. The maximum absolute atomic E-state index is 12.7. The van der Waals surface area contributed by atoms with E-state index in [1.807, 2.05) is 19.9 Å². The SMILES string of the molecule is CC(C)CC(C#N)C(=O)c1cc(C(F)(F)F)ccc1Br. The van der Waals surface area contributed by atoms with Crippen LogP contribution >= 0.6 is 15.9 Å². The highest BCUT2D eigenvalue weighted by Gasteiger charge is 2.32. The molecule has 0 aliphatic heterocycles. The molecule has 0 aliphatic rings. The van der Waals surface area contributed by atoms with Gasteiger partial charge < -0.3 is 0 Å². The molecule has 1 unspecified atom stereocenters. The van der Waals surface area contributed by atoms with Crippen molar-refractivity contribution in [1.29, 1.82) is 5.26 Å². The number of alkyl halides is 3. The van der Waals surface area contributed by atoms with Crippen LogP contribution in [0.25, 0.3) is 0 Å². The molecule has 0 spiro atoms. The van der Waals surface area contributed by atoms with Gasteiger partial charge in [0.15, 0.2) is 5.78 Å². The number of carbonyl (C=O) groups excluding carboxylic acids is 1. The number of nitriles is 1. The first kappa shape index (κ1) is 16.7. The largest absolute Gasteiger partial charge is 0.416 e. The van der Waals surface area contributed by atoms with Crippen LogP contribution in [0, 0.1) is 23.2 Å². The summed E-state index contributed by atoms with van der Waals surface area (Å²) in [6.45, 7) is 3.69. The average Bonchev–Trinajstić information content (AvgIpc) is 2.34. The van der Waals surface area contributed by atoms with Gasteiger partial charge in [0.1, 0.15) is 5.92 Å². The Morgan fingerprint density at radius 2 is 2.00 bits per heavy atom. The van der Waals surface area contributed by atoms with Crippen LogP contribution < -0.4 is 0 Å². The number of ketones is 1. The van der Waals surface area contributed by atoms with E-state index in [1.54, 1.807) is 0 Å². The Balaban J connectivity index is 3.18. The third-order valence-corrected chi connectivity index (χ3v) is 3.43. The summed E-state index contributed by atoms with van der Waals surface area (Å²) in [6, 6.07) is 4.73. The zero-order valence-electron chi connectivity index (χ0n) is 11.0. The van der Waals surface area contributed by atoms with Crippen molar-refractivity contribution >= 4 is 21.7 Å². The van der Waals surface area contributed by atoms with E-state index >= 15 is 0 Å². The molecule has 0 amide bonds. The monoisotopic (exact) mass is 347 g/mol. The fourth-order valence-electron chi connectivity index (χ4n) is 1.77. The molecule has 0 fully saturated rings. The topological polar surface area (TPSA) is 40.9 Å². The molecule has 1 rings (SSSR count). The minimum absolute atomic E-state index is 0.105. The van der Waals surface area contributed by atoms with Crippen molar-refractivity contribution in [3.05, 3.63) is 33.8 Å². The summed E-state index contributed by atoms with van der Waals surface area (Å²) in [5.74, 6) is -1.41. The molecule has 0 saturated carbocycles. The van der Waals surface area contributed by atoms with Gasteiger partial charge in [0.05, 0.1) is 11.6 Å². The van der Waals surface area contributed by atoms with Crippen molar-refractivity contribution in [2.45, 2.75) is 26.4 Å². The van der Waals surface area contributed by atoms with Crippen LogP contribution in [0.1, 0.15) is 36.2 Å². The Morgan fingerprint density at radius 3 is 2.45 bits per heavy atom. The molecule has 2 nitrogen and oxygen atoms in total. The normalized spacial score (nSPS) is 13.1. The summed E-state index contributed by atoms with van der Waals surface area (Å²) in [4.78, 5) is 12.2. The Hall–Kier alpha value is -1.35. The number of rotatable bonds is 4. The minimum atomic E-state index is -4.52. The molecule has 0 heterocycles. The molecule has 20 heavy (non-hydrogen) atoms. The smallest absolute Gasteiger partial charge is 0.293 e. The summed E-state index contributed by atoms with van der Waals surface area (Å²) in [5.41, 5.74) is -1.00. The zero-order chi connectivity index (χ0) is 15.5. The second-order valence-corrected chi connectivity index (χ2v) is 5.72. The van der Waals surface area contributed by atoms with E-state index in [1.165, 1.54) is 6.07 Å². The van der Waals surface area contributed by atoms with E-state index in [0.29, 0.717) is 6.42 Å². The first-order valence-electron chi connectivity index (χ1n) is 5.97. The quantitative estimate of drug-likeness (QED) is 0.731. The molecule has 0 radical (unpaired) electrons. The minimum Gasteiger partial charge on any atom is -0.293 e. The Morgan fingerprint density at radius 1 is 1.40 bits per heavy atom. The number of halogens is 4. The van der Waals surface area contributed by atoms with Gasteiger partial charge in [-0.05, 0) is 30.5 Å². The molecule has 0 bridgehead atoms. The molecule has 6 heteroatoms. The van der Waals surface area contributed by atoms with Crippen molar-refractivity contribution in [3.63, 3.8) is 0 Å². The van der Waals surface area contributed by atoms with Gasteiger partial charge >= 0.3 is 6.18 Å². The highest BCUT2D eigenvalue weighted by Crippen LogP contribution is 2.33. The van der Waals surface area contributed by atoms with Crippen molar-refractivity contribution in [2.24, 2.45) is 11.8 Å². The van der Waals surface area contributed by atoms with Gasteiger partial charge in [-0.2, -0.15) is 18.4 Å². The first-order chi connectivity index (χ1) is 9.16. The van der Waals surface area contributed by atoms with E-state index in [-0.39, 0.29) is 16.0 Å². The molecular formula is C14H13BrF3NO. The second-order valence-electron chi connectivity index (χ2n) is 4.87. The average molecular weight is 348 g/mol. The molecule has 1 atom stereocenters. The van der Waals surface area contributed by atoms with Gasteiger partial charge in [-0.15, -0.1) is 0 Å². The Bertz CT molecular complexity index is 546.